The predicted molar refractivity (Wildman–Crippen MR) is 70.8 cm³/mol. The van der Waals surface area contributed by atoms with Gasteiger partial charge in [-0.1, -0.05) is 0 Å². The first-order valence-electron chi connectivity index (χ1n) is 5.20. The molecule has 1 aliphatic rings. The van der Waals surface area contributed by atoms with Crippen LogP contribution >= 0.6 is 27.3 Å². The molecular weight excluding hydrogens is 326 g/mol. The highest BCUT2D eigenvalue weighted by Crippen LogP contribution is 2.32. The summed E-state index contributed by atoms with van der Waals surface area (Å²) < 4.78 is 32.8. The molecule has 0 bridgehead atoms. The first-order valence-corrected chi connectivity index (χ1v) is 8.31. The Labute approximate surface area is 114 Å². The van der Waals surface area contributed by atoms with Crippen molar-refractivity contribution in [3.05, 3.63) is 15.9 Å². The van der Waals surface area contributed by atoms with E-state index in [1.807, 2.05) is 13.8 Å². The minimum absolute atomic E-state index is 0.371. The van der Waals surface area contributed by atoms with Crippen molar-refractivity contribution < 1.29 is 13.2 Å². The van der Waals surface area contributed by atoms with E-state index < -0.39 is 15.6 Å². The molecule has 0 aromatic carbocycles. The minimum atomic E-state index is -3.40. The highest BCUT2D eigenvalue weighted by Gasteiger charge is 2.36. The fourth-order valence-electron chi connectivity index (χ4n) is 1.76. The second kappa shape index (κ2) is 4.62. The third kappa shape index (κ3) is 2.73. The van der Waals surface area contributed by atoms with Crippen LogP contribution in [-0.2, 0) is 14.8 Å². The summed E-state index contributed by atoms with van der Waals surface area (Å²) in [5.74, 6) is 0. The molecule has 96 valence electrons. The molecule has 0 unspecified atom stereocenters. The summed E-state index contributed by atoms with van der Waals surface area (Å²) in [5, 5.41) is 1.77. The molecule has 1 aliphatic heterocycles. The van der Waals surface area contributed by atoms with Crippen molar-refractivity contribution >= 4 is 37.3 Å². The van der Waals surface area contributed by atoms with Crippen molar-refractivity contribution in [2.24, 2.45) is 0 Å². The van der Waals surface area contributed by atoms with E-state index in [2.05, 4.69) is 15.9 Å². The Bertz CT molecular complexity index is 509. The standard InChI is InChI=1S/C10H14BrNO3S2/c1-10(2)7-12(4-5-15-10)17(13,14)9-8(11)3-6-16-9/h3,6H,4-5,7H2,1-2H3. The van der Waals surface area contributed by atoms with Gasteiger partial charge in [0.05, 0.1) is 12.2 Å². The summed E-state index contributed by atoms with van der Waals surface area (Å²) in [6, 6.07) is 1.75. The molecule has 7 heteroatoms. The molecule has 0 N–H and O–H groups in total. The molecule has 1 saturated heterocycles. The van der Waals surface area contributed by atoms with Crippen LogP contribution in [0, 0.1) is 0 Å². The van der Waals surface area contributed by atoms with Crippen molar-refractivity contribution in [1.82, 2.24) is 4.31 Å². The second-order valence-electron chi connectivity index (χ2n) is 4.50. The fraction of sp³-hybridized carbons (Fsp3) is 0.600. The average molecular weight is 340 g/mol. The van der Waals surface area contributed by atoms with Gasteiger partial charge >= 0.3 is 0 Å². The predicted octanol–water partition coefficient (Wildman–Crippen LogP) is 2.31. The monoisotopic (exact) mass is 339 g/mol. The van der Waals surface area contributed by atoms with E-state index in [1.54, 1.807) is 11.4 Å². The molecule has 17 heavy (non-hydrogen) atoms. The second-order valence-corrected chi connectivity index (χ2v) is 8.41. The maximum Gasteiger partial charge on any atom is 0.253 e. The molecule has 0 amide bonds. The molecule has 1 fully saturated rings. The van der Waals surface area contributed by atoms with E-state index in [9.17, 15) is 8.42 Å². The van der Waals surface area contributed by atoms with E-state index in [4.69, 9.17) is 4.74 Å². The van der Waals surface area contributed by atoms with Gasteiger partial charge in [-0.15, -0.1) is 11.3 Å². The van der Waals surface area contributed by atoms with E-state index in [1.165, 1.54) is 15.6 Å². The zero-order valence-electron chi connectivity index (χ0n) is 9.64. The van der Waals surface area contributed by atoms with Gasteiger partial charge in [0.1, 0.15) is 4.21 Å². The Balaban J connectivity index is 2.31. The van der Waals surface area contributed by atoms with Crippen LogP contribution in [-0.4, -0.2) is 38.0 Å². The number of sulfonamides is 1. The summed E-state index contributed by atoms with van der Waals surface area (Å²) in [6.45, 7) is 5.04. The molecule has 0 saturated carbocycles. The summed E-state index contributed by atoms with van der Waals surface area (Å²) >= 11 is 4.50. The van der Waals surface area contributed by atoms with Gasteiger partial charge in [0.15, 0.2) is 0 Å². The largest absolute Gasteiger partial charge is 0.373 e. The summed E-state index contributed by atoms with van der Waals surface area (Å²) in [5.41, 5.74) is -0.422. The highest BCUT2D eigenvalue weighted by molar-refractivity contribution is 9.10. The van der Waals surface area contributed by atoms with Gasteiger partial charge in [0.2, 0.25) is 0 Å². The van der Waals surface area contributed by atoms with Crippen LogP contribution in [0.3, 0.4) is 0 Å². The van der Waals surface area contributed by atoms with Gasteiger partial charge in [-0.05, 0) is 41.2 Å². The third-order valence-electron chi connectivity index (χ3n) is 2.55. The van der Waals surface area contributed by atoms with Gasteiger partial charge < -0.3 is 4.74 Å². The lowest BCUT2D eigenvalue weighted by atomic mass is 10.1. The first kappa shape index (κ1) is 13.5. The van der Waals surface area contributed by atoms with Gasteiger partial charge in [-0.3, -0.25) is 0 Å². The number of morpholine rings is 1. The smallest absolute Gasteiger partial charge is 0.253 e. The first-order chi connectivity index (χ1) is 7.83. The van der Waals surface area contributed by atoms with Crippen LogP contribution < -0.4 is 0 Å². The minimum Gasteiger partial charge on any atom is -0.373 e. The van der Waals surface area contributed by atoms with Crippen LogP contribution in [0.4, 0.5) is 0 Å². The van der Waals surface area contributed by atoms with Crippen LogP contribution in [0.25, 0.3) is 0 Å². The Morgan fingerprint density at radius 3 is 2.76 bits per heavy atom. The molecule has 2 heterocycles. The zero-order valence-corrected chi connectivity index (χ0v) is 12.9. The van der Waals surface area contributed by atoms with Gasteiger partial charge in [0.25, 0.3) is 10.0 Å². The lowest BCUT2D eigenvalue weighted by Crippen LogP contribution is -2.50. The molecule has 1 aromatic rings. The fourth-order valence-corrected chi connectivity index (χ4v) is 5.78. The maximum atomic E-state index is 12.4. The van der Waals surface area contributed by atoms with Crippen molar-refractivity contribution in [3.8, 4) is 0 Å². The molecule has 0 atom stereocenters. The van der Waals surface area contributed by atoms with Crippen LogP contribution in [0.15, 0.2) is 20.1 Å². The van der Waals surface area contributed by atoms with E-state index >= 15 is 0 Å². The van der Waals surface area contributed by atoms with Crippen LogP contribution in [0.5, 0.6) is 0 Å². The third-order valence-corrected chi connectivity index (χ3v) is 7.04. The normalized spacial score (nSPS) is 21.6. The quantitative estimate of drug-likeness (QED) is 0.830. The molecule has 0 aliphatic carbocycles. The van der Waals surface area contributed by atoms with Crippen molar-refractivity contribution in [2.45, 2.75) is 23.7 Å². The average Bonchev–Trinajstić information content (AvgIpc) is 2.63. The molecule has 1 aromatic heterocycles. The van der Waals surface area contributed by atoms with Gasteiger partial charge in [-0.25, -0.2) is 8.42 Å². The van der Waals surface area contributed by atoms with E-state index in [-0.39, 0.29) is 0 Å². The lowest BCUT2D eigenvalue weighted by molar-refractivity contribution is -0.0640. The van der Waals surface area contributed by atoms with E-state index in [0.29, 0.717) is 28.4 Å². The summed E-state index contributed by atoms with van der Waals surface area (Å²) in [6.07, 6.45) is 0. The number of hydrogen-bond donors (Lipinski definition) is 0. The number of halogens is 1. The summed E-state index contributed by atoms with van der Waals surface area (Å²) in [4.78, 5) is 0. The number of ether oxygens (including phenoxy) is 1. The molecule has 0 spiro atoms. The van der Waals surface area contributed by atoms with Crippen LogP contribution in [0.1, 0.15) is 13.8 Å². The molecule has 4 nitrogen and oxygen atoms in total. The Morgan fingerprint density at radius 1 is 1.53 bits per heavy atom. The van der Waals surface area contributed by atoms with Gasteiger partial charge in [-0.2, -0.15) is 4.31 Å². The van der Waals surface area contributed by atoms with Gasteiger partial charge in [0, 0.05) is 17.6 Å². The van der Waals surface area contributed by atoms with Crippen molar-refractivity contribution in [1.29, 1.82) is 0 Å². The number of thiophene rings is 1. The maximum absolute atomic E-state index is 12.4. The highest BCUT2D eigenvalue weighted by atomic mass is 79.9. The number of rotatable bonds is 2. The Morgan fingerprint density at radius 2 is 2.24 bits per heavy atom. The lowest BCUT2D eigenvalue weighted by Gasteiger charge is -2.37. The zero-order chi connectivity index (χ0) is 12.7. The molecular formula is C10H14BrNO3S2. The van der Waals surface area contributed by atoms with Crippen molar-refractivity contribution in [2.75, 3.05) is 19.7 Å². The number of nitrogens with zero attached hydrogens (tertiary/aromatic N) is 1. The Kier molecular flexibility index (Phi) is 3.66. The molecule has 2 rings (SSSR count). The topological polar surface area (TPSA) is 46.6 Å². The summed E-state index contributed by atoms with van der Waals surface area (Å²) in [7, 11) is -3.40. The SMILES string of the molecule is CC1(C)CN(S(=O)(=O)c2sccc2Br)CCO1. The molecule has 0 radical (unpaired) electrons. The van der Waals surface area contributed by atoms with Crippen molar-refractivity contribution in [3.63, 3.8) is 0 Å². The number of hydrogen-bond acceptors (Lipinski definition) is 4. The Hall–Kier alpha value is 0.0500. The van der Waals surface area contributed by atoms with E-state index in [0.717, 1.165) is 0 Å². The van der Waals surface area contributed by atoms with Crippen LogP contribution in [0.2, 0.25) is 0 Å².